The number of hydrogen-bond acceptors (Lipinski definition) is 3. The standard InChI is InChI=1S/C32H29F6NP2.C20H26NP.C12H4F6IP.C6H15N/c1-2-3-16-39(41-29(21-10-6-4-7-11-21)14-15-30(41)22-12-8-5-9-13-22)40(23-17-25(33)31(37)26(34)18-23)24-19-27(35)32(38)28(36)20-24;1-2-3-16-21-22-19(17-10-6-4-7-11-17)14-15-20(22)18-12-8-5-9-13-18;13-7-1-5(2-8(14)11(7)17)20(19)6-3-9(15)12(18)10(16)4-6;1-4-7(5-2)6-3/h4-13,17-20,29-30H,2-3,14-16H2,1H3;4-13,19-21H,2-3,14-16H2,1H3;1-4H;4-6H2,1-3H3/t29-,30-;19-,20-;;/m10../s1. The number of benzene rings is 8. The average molecular weight is 1440 g/mol. The van der Waals surface area contributed by atoms with Crippen molar-refractivity contribution in [3.8, 4) is 0 Å². The third kappa shape index (κ3) is 19.0. The van der Waals surface area contributed by atoms with Crippen molar-refractivity contribution in [2.45, 2.75) is 109 Å². The van der Waals surface area contributed by atoms with Gasteiger partial charge in [-0.05, 0) is 184 Å². The molecule has 1 N–H and O–H groups in total. The van der Waals surface area contributed by atoms with Gasteiger partial charge in [0.15, 0.2) is 69.8 Å². The van der Waals surface area contributed by atoms with Crippen molar-refractivity contribution in [2.75, 3.05) is 32.7 Å². The number of unbranched alkanes of at least 4 members (excludes halogenated alkanes) is 2. The van der Waals surface area contributed by atoms with E-state index >= 15 is 0 Å². The summed E-state index contributed by atoms with van der Waals surface area (Å²) in [6.45, 7) is 16.0. The molecule has 8 aromatic rings. The van der Waals surface area contributed by atoms with Crippen LogP contribution in [0.15, 0.2) is 170 Å². The lowest BCUT2D eigenvalue weighted by Gasteiger charge is -2.42. The normalized spacial score (nSPS) is 16.7. The van der Waals surface area contributed by atoms with E-state index in [0.29, 0.717) is 24.3 Å². The second kappa shape index (κ2) is 36.1. The zero-order valence-electron chi connectivity index (χ0n) is 50.8. The first-order valence-electron chi connectivity index (χ1n) is 30.2. The smallest absolute Gasteiger partial charge is 0.194 e. The predicted molar refractivity (Wildman–Crippen MR) is 359 cm³/mol. The van der Waals surface area contributed by atoms with Gasteiger partial charge in [0, 0.05) is 53.4 Å². The maximum atomic E-state index is 14.7. The minimum absolute atomic E-state index is 0.0300. The molecule has 0 unspecified atom stereocenters. The van der Waals surface area contributed by atoms with Gasteiger partial charge in [0.25, 0.3) is 0 Å². The van der Waals surface area contributed by atoms with E-state index in [4.69, 9.17) is 0 Å². The number of halogens is 13. The second-order valence-corrected chi connectivity index (χ2v) is 33.3. The van der Waals surface area contributed by atoms with Crippen LogP contribution in [0, 0.1) is 69.8 Å². The van der Waals surface area contributed by atoms with Crippen molar-refractivity contribution in [1.82, 2.24) is 14.4 Å². The molecule has 0 amide bonds. The minimum atomic E-state index is -1.99. The van der Waals surface area contributed by atoms with Gasteiger partial charge in [-0.3, -0.25) is 9.53 Å². The van der Waals surface area contributed by atoms with Gasteiger partial charge in [-0.1, -0.05) is 169 Å². The zero-order chi connectivity index (χ0) is 65.0. The van der Waals surface area contributed by atoms with E-state index in [1.54, 1.807) is 22.0 Å². The summed E-state index contributed by atoms with van der Waals surface area (Å²) >= 11 is 1.72. The van der Waals surface area contributed by atoms with E-state index in [9.17, 15) is 52.7 Å². The van der Waals surface area contributed by atoms with Gasteiger partial charge in [-0.15, -0.1) is 0 Å². The number of rotatable bonds is 20. The highest BCUT2D eigenvalue weighted by molar-refractivity contribution is 14.2. The van der Waals surface area contributed by atoms with Crippen molar-refractivity contribution < 1.29 is 52.7 Å². The first-order chi connectivity index (χ1) is 43.3. The van der Waals surface area contributed by atoms with Crippen LogP contribution >= 0.6 is 51.8 Å². The largest absolute Gasteiger partial charge is 0.304 e. The Morgan fingerprint density at radius 3 is 0.956 bits per heavy atom. The number of nitrogens with zero attached hydrogens (tertiary/aromatic N) is 2. The maximum absolute atomic E-state index is 14.7. The van der Waals surface area contributed by atoms with Crippen LogP contribution in [0.4, 0.5) is 52.7 Å². The molecule has 2 heterocycles. The summed E-state index contributed by atoms with van der Waals surface area (Å²) in [5.41, 5.74) is 5.22. The van der Waals surface area contributed by atoms with Crippen molar-refractivity contribution >= 4 is 73.0 Å². The first-order valence-corrected chi connectivity index (χ1v) is 38.5. The Morgan fingerprint density at radius 1 is 0.400 bits per heavy atom. The summed E-state index contributed by atoms with van der Waals surface area (Å²) in [5.74, 6) is -17.6. The van der Waals surface area contributed by atoms with E-state index in [1.165, 1.54) is 56.4 Å². The van der Waals surface area contributed by atoms with Crippen LogP contribution in [0.25, 0.3) is 0 Å². The first kappa shape index (κ1) is 72.7. The van der Waals surface area contributed by atoms with E-state index in [1.807, 2.05) is 43.3 Å². The Balaban J connectivity index is 0.000000197. The molecule has 2 aliphatic heterocycles. The van der Waals surface area contributed by atoms with E-state index in [2.05, 4.69) is 127 Å². The Hall–Kier alpha value is -4.75. The van der Waals surface area contributed by atoms with Gasteiger partial charge in [-0.2, -0.15) is 0 Å². The monoisotopic (exact) mass is 1440 g/mol. The molecule has 0 aliphatic carbocycles. The quantitative estimate of drug-likeness (QED) is 0.0270. The van der Waals surface area contributed by atoms with E-state index < -0.39 is 91.5 Å². The van der Waals surface area contributed by atoms with Gasteiger partial charge in [0.1, 0.15) is 0 Å². The molecular weight excluding hydrogens is 1360 g/mol. The molecule has 10 rings (SSSR count). The highest BCUT2D eigenvalue weighted by atomic mass is 127. The Bertz CT molecular complexity index is 3200. The molecule has 0 bridgehead atoms. The Labute approximate surface area is 540 Å². The average Bonchev–Trinajstić information content (AvgIpc) is 1.68. The third-order valence-electron chi connectivity index (χ3n) is 15.7. The molecule has 0 aromatic heterocycles. The van der Waals surface area contributed by atoms with Gasteiger partial charge in [0.2, 0.25) is 0 Å². The molecule has 2 aliphatic rings. The second-order valence-electron chi connectivity index (χ2n) is 21.5. The van der Waals surface area contributed by atoms with Crippen molar-refractivity contribution in [3.63, 3.8) is 0 Å². The Morgan fingerprint density at radius 2 is 0.678 bits per heavy atom. The number of hydrogen-bond donors (Lipinski definition) is 1. The van der Waals surface area contributed by atoms with Crippen LogP contribution < -0.4 is 26.3 Å². The van der Waals surface area contributed by atoms with Crippen molar-refractivity contribution in [1.29, 1.82) is 0 Å². The summed E-state index contributed by atoms with van der Waals surface area (Å²) in [4.78, 5) is 2.38. The molecule has 4 atom stereocenters. The molecule has 2 fully saturated rings. The lowest BCUT2D eigenvalue weighted by atomic mass is 10.0. The lowest BCUT2D eigenvalue weighted by Crippen LogP contribution is -2.29. The van der Waals surface area contributed by atoms with Crippen LogP contribution in [0.3, 0.4) is 0 Å². The Kier molecular flexibility index (Phi) is 29.1. The lowest BCUT2D eigenvalue weighted by molar-refractivity contribution is 0.321. The summed E-state index contributed by atoms with van der Waals surface area (Å²) in [5, 5.41) is 4.15. The topological polar surface area (TPSA) is 18.5 Å². The van der Waals surface area contributed by atoms with E-state index in [-0.39, 0.29) is 40.6 Å². The van der Waals surface area contributed by atoms with Crippen LogP contribution in [0.5, 0.6) is 0 Å². The van der Waals surface area contributed by atoms with Gasteiger partial charge < -0.3 is 4.90 Å². The fourth-order valence-corrected chi connectivity index (χ4v) is 24.6. The fraction of sp³-hybridized carbons (Fsp3) is 0.314. The summed E-state index contributed by atoms with van der Waals surface area (Å²) < 4.78 is 167. The molecule has 0 radical (unpaired) electrons. The maximum Gasteiger partial charge on any atom is 0.194 e. The van der Waals surface area contributed by atoms with E-state index in [0.717, 1.165) is 85.5 Å². The molecule has 480 valence electrons. The van der Waals surface area contributed by atoms with Crippen molar-refractivity contribution in [2.24, 2.45) is 0 Å². The zero-order valence-corrected chi connectivity index (χ0v) is 56.5. The van der Waals surface area contributed by atoms with Crippen LogP contribution in [-0.2, 0) is 0 Å². The van der Waals surface area contributed by atoms with Crippen molar-refractivity contribution in [3.05, 3.63) is 262 Å². The molecule has 8 aromatic carbocycles. The summed E-state index contributed by atoms with van der Waals surface area (Å²) in [6.07, 6.45) is 8.37. The van der Waals surface area contributed by atoms with Gasteiger partial charge in [0.05, 0.1) is 0 Å². The fourth-order valence-electron chi connectivity index (χ4n) is 11.0. The molecule has 20 heteroatoms. The van der Waals surface area contributed by atoms with Crippen LogP contribution in [-0.4, -0.2) is 42.1 Å². The number of nitrogens with one attached hydrogen (secondary N) is 1. The molecular formula is C70H74F12IN3P4. The van der Waals surface area contributed by atoms with Crippen LogP contribution in [0.2, 0.25) is 0 Å². The summed E-state index contributed by atoms with van der Waals surface area (Å²) in [7, 11) is -3.33. The van der Waals surface area contributed by atoms with Gasteiger partial charge in [-0.25, -0.2) is 52.7 Å². The molecule has 0 saturated carbocycles. The minimum Gasteiger partial charge on any atom is -0.304 e. The van der Waals surface area contributed by atoms with Gasteiger partial charge >= 0.3 is 0 Å². The predicted octanol–water partition coefficient (Wildman–Crippen LogP) is 21.3. The molecule has 3 nitrogen and oxygen atoms in total. The molecule has 2 saturated heterocycles. The highest BCUT2D eigenvalue weighted by Crippen LogP contribution is 2.76. The highest BCUT2D eigenvalue weighted by Gasteiger charge is 2.45. The summed E-state index contributed by atoms with van der Waals surface area (Å²) in [6, 6.07) is 48.8. The SMILES string of the molecule is CCCCN(P(c1cc(F)c(F)c(F)c1)c1cc(F)c(F)c(F)c1)P1[C@@H](c2ccccc2)CC[C@@H]1c1ccccc1.CCCCNP1[C@H](c2ccccc2)CC[C@H]1c1ccccc1.CCN(CC)CC.Fc1cc(P(I)c2cc(F)c(F)c(F)c2)cc(F)c1F. The third-order valence-corrected chi connectivity index (χ3v) is 29.9. The molecule has 90 heavy (non-hydrogen) atoms. The van der Waals surface area contributed by atoms with Crippen LogP contribution in [0.1, 0.15) is 131 Å². The molecule has 0 spiro atoms.